The zero-order chi connectivity index (χ0) is 17.8. The molecule has 0 radical (unpaired) electrons. The standard InChI is InChI=1S/C19H26BNO4/c1-2-5-13-8-9-14(10-13)19(22)21-18(20(23)24)11-15-12-25-17-7-4-3-6-16(15)17/h3-4,6-7,12-14,18,23-24H,2,5,8-11H2,1H3,(H,21,22)/t13-,14-,18+/m1/s1. The molecule has 1 heterocycles. The van der Waals surface area contributed by atoms with E-state index in [2.05, 4.69) is 12.2 Å². The fraction of sp³-hybridized carbons (Fsp3) is 0.526. The fourth-order valence-electron chi connectivity index (χ4n) is 3.94. The van der Waals surface area contributed by atoms with Gasteiger partial charge in [-0.05, 0) is 43.2 Å². The van der Waals surface area contributed by atoms with E-state index in [-0.39, 0.29) is 11.8 Å². The van der Waals surface area contributed by atoms with Crippen LogP contribution in [0.2, 0.25) is 0 Å². The average molecular weight is 343 g/mol. The largest absolute Gasteiger partial charge is 0.475 e. The Kier molecular flexibility index (Phi) is 5.81. The van der Waals surface area contributed by atoms with Crippen molar-refractivity contribution >= 4 is 24.0 Å². The van der Waals surface area contributed by atoms with Crippen LogP contribution < -0.4 is 5.32 Å². The molecule has 3 rings (SSSR count). The highest BCUT2D eigenvalue weighted by atomic mass is 16.4. The van der Waals surface area contributed by atoms with Crippen LogP contribution in [-0.2, 0) is 11.2 Å². The molecule has 0 spiro atoms. The Morgan fingerprint density at radius 1 is 1.36 bits per heavy atom. The van der Waals surface area contributed by atoms with Gasteiger partial charge in [0.1, 0.15) is 5.58 Å². The first-order valence-corrected chi connectivity index (χ1v) is 9.20. The zero-order valence-electron chi connectivity index (χ0n) is 14.6. The predicted octanol–water partition coefficient (Wildman–Crippen LogP) is 2.69. The smallest absolute Gasteiger partial charge is 0.464 e. The van der Waals surface area contributed by atoms with Gasteiger partial charge in [-0.3, -0.25) is 4.79 Å². The molecular formula is C19H26BNO4. The minimum Gasteiger partial charge on any atom is -0.464 e. The maximum absolute atomic E-state index is 12.5. The van der Waals surface area contributed by atoms with Crippen molar-refractivity contribution < 1.29 is 19.3 Å². The van der Waals surface area contributed by atoms with Crippen LogP contribution in [0.15, 0.2) is 34.9 Å². The van der Waals surface area contributed by atoms with Gasteiger partial charge in [0.05, 0.1) is 12.2 Å². The Labute approximate surface area is 148 Å². The normalized spacial score (nSPS) is 21.4. The van der Waals surface area contributed by atoms with E-state index >= 15 is 0 Å². The number of nitrogens with one attached hydrogen (secondary N) is 1. The third-order valence-corrected chi connectivity index (χ3v) is 5.30. The molecule has 0 saturated heterocycles. The summed E-state index contributed by atoms with van der Waals surface area (Å²) in [6.45, 7) is 2.17. The molecule has 1 aliphatic rings. The number of rotatable bonds is 7. The molecule has 1 aromatic heterocycles. The molecule has 1 aliphatic carbocycles. The second-order valence-electron chi connectivity index (χ2n) is 7.15. The molecule has 134 valence electrons. The second-order valence-corrected chi connectivity index (χ2v) is 7.15. The Hall–Kier alpha value is -1.79. The molecular weight excluding hydrogens is 317 g/mol. The number of benzene rings is 1. The third kappa shape index (κ3) is 4.25. The lowest BCUT2D eigenvalue weighted by atomic mass is 9.75. The summed E-state index contributed by atoms with van der Waals surface area (Å²) in [5, 5.41) is 23.2. The maximum atomic E-state index is 12.5. The molecule has 3 atom stereocenters. The summed E-state index contributed by atoms with van der Waals surface area (Å²) in [4.78, 5) is 12.5. The van der Waals surface area contributed by atoms with Gasteiger partial charge < -0.3 is 19.8 Å². The number of amides is 1. The quantitative estimate of drug-likeness (QED) is 0.675. The lowest BCUT2D eigenvalue weighted by Gasteiger charge is -2.20. The monoisotopic (exact) mass is 343 g/mol. The van der Waals surface area contributed by atoms with E-state index in [1.807, 2.05) is 24.3 Å². The summed E-state index contributed by atoms with van der Waals surface area (Å²) in [7, 11) is -1.61. The van der Waals surface area contributed by atoms with Gasteiger partial charge >= 0.3 is 7.12 Å². The zero-order valence-corrected chi connectivity index (χ0v) is 14.6. The van der Waals surface area contributed by atoms with Gasteiger partial charge in [0.2, 0.25) is 5.91 Å². The van der Waals surface area contributed by atoms with Crippen LogP contribution in [0.1, 0.15) is 44.6 Å². The molecule has 0 bridgehead atoms. The van der Waals surface area contributed by atoms with Gasteiger partial charge in [0, 0.05) is 11.3 Å². The van der Waals surface area contributed by atoms with E-state index in [0.717, 1.165) is 48.6 Å². The highest BCUT2D eigenvalue weighted by molar-refractivity contribution is 6.43. The van der Waals surface area contributed by atoms with Crippen LogP contribution in [0.3, 0.4) is 0 Å². The highest BCUT2D eigenvalue weighted by Crippen LogP contribution is 2.34. The average Bonchev–Trinajstić information content (AvgIpc) is 3.22. The van der Waals surface area contributed by atoms with Crippen molar-refractivity contribution in [3.63, 3.8) is 0 Å². The molecule has 3 N–H and O–H groups in total. The molecule has 1 fully saturated rings. The van der Waals surface area contributed by atoms with Crippen LogP contribution in [0.25, 0.3) is 11.0 Å². The number of furan rings is 1. The topological polar surface area (TPSA) is 82.7 Å². The molecule has 5 nitrogen and oxygen atoms in total. The van der Waals surface area contributed by atoms with Crippen molar-refractivity contribution in [2.45, 2.75) is 51.4 Å². The molecule has 1 saturated carbocycles. The number of hydrogen-bond acceptors (Lipinski definition) is 4. The molecule has 6 heteroatoms. The second kappa shape index (κ2) is 8.06. The summed E-state index contributed by atoms with van der Waals surface area (Å²) in [5.74, 6) is -0.196. The molecule has 1 amide bonds. The number of para-hydroxylation sites is 1. The Bertz CT molecular complexity index is 714. The molecule has 0 unspecified atom stereocenters. The van der Waals surface area contributed by atoms with Crippen LogP contribution in [0.5, 0.6) is 0 Å². The van der Waals surface area contributed by atoms with Gasteiger partial charge in [-0.25, -0.2) is 0 Å². The first kappa shape index (κ1) is 18.0. The van der Waals surface area contributed by atoms with Crippen LogP contribution >= 0.6 is 0 Å². The highest BCUT2D eigenvalue weighted by Gasteiger charge is 2.33. The first-order valence-electron chi connectivity index (χ1n) is 9.20. The molecule has 0 aliphatic heterocycles. The minimum absolute atomic E-state index is 0.0149. The van der Waals surface area contributed by atoms with Crippen molar-refractivity contribution in [3.8, 4) is 0 Å². The predicted molar refractivity (Wildman–Crippen MR) is 97.8 cm³/mol. The maximum Gasteiger partial charge on any atom is 0.475 e. The fourth-order valence-corrected chi connectivity index (χ4v) is 3.94. The first-order chi connectivity index (χ1) is 12.1. The van der Waals surface area contributed by atoms with Crippen molar-refractivity contribution in [1.82, 2.24) is 5.32 Å². The summed E-state index contributed by atoms with van der Waals surface area (Å²) in [5.41, 5.74) is 1.62. The van der Waals surface area contributed by atoms with E-state index in [1.54, 1.807) is 6.26 Å². The van der Waals surface area contributed by atoms with E-state index in [1.165, 1.54) is 0 Å². The Morgan fingerprint density at radius 3 is 2.92 bits per heavy atom. The van der Waals surface area contributed by atoms with Crippen molar-refractivity contribution in [3.05, 3.63) is 36.1 Å². The molecule has 25 heavy (non-hydrogen) atoms. The van der Waals surface area contributed by atoms with E-state index < -0.39 is 13.1 Å². The van der Waals surface area contributed by atoms with Gasteiger partial charge in [-0.2, -0.15) is 0 Å². The van der Waals surface area contributed by atoms with Gasteiger partial charge in [0.15, 0.2) is 0 Å². The van der Waals surface area contributed by atoms with E-state index in [4.69, 9.17) is 4.42 Å². The van der Waals surface area contributed by atoms with Crippen LogP contribution in [-0.4, -0.2) is 29.0 Å². The van der Waals surface area contributed by atoms with Crippen molar-refractivity contribution in [1.29, 1.82) is 0 Å². The van der Waals surface area contributed by atoms with E-state index in [0.29, 0.717) is 12.3 Å². The summed E-state index contributed by atoms with van der Waals surface area (Å²) >= 11 is 0. The van der Waals surface area contributed by atoms with Gasteiger partial charge in [0.25, 0.3) is 0 Å². The third-order valence-electron chi connectivity index (χ3n) is 5.30. The van der Waals surface area contributed by atoms with Crippen molar-refractivity contribution in [2.24, 2.45) is 11.8 Å². The van der Waals surface area contributed by atoms with Gasteiger partial charge in [-0.15, -0.1) is 0 Å². The van der Waals surface area contributed by atoms with Crippen LogP contribution in [0, 0.1) is 11.8 Å². The number of carbonyl (C=O) groups is 1. The van der Waals surface area contributed by atoms with E-state index in [9.17, 15) is 14.8 Å². The molecule has 2 aromatic rings. The lowest BCUT2D eigenvalue weighted by molar-refractivity contribution is -0.125. The summed E-state index contributed by atoms with van der Waals surface area (Å²) in [6, 6.07) is 7.61. The number of fused-ring (bicyclic) bond motifs is 1. The Balaban J connectivity index is 1.64. The SMILES string of the molecule is CCC[C@@H]1CC[C@@H](C(=O)N[C@@H](Cc2coc3ccccc23)B(O)O)C1. The number of carbonyl (C=O) groups excluding carboxylic acids is 1. The Morgan fingerprint density at radius 2 is 2.16 bits per heavy atom. The molecule has 1 aromatic carbocycles. The lowest BCUT2D eigenvalue weighted by Crippen LogP contribution is -2.49. The summed E-state index contributed by atoms with van der Waals surface area (Å²) < 4.78 is 5.50. The number of hydrogen-bond donors (Lipinski definition) is 3. The van der Waals surface area contributed by atoms with Gasteiger partial charge in [-0.1, -0.05) is 38.0 Å². The summed E-state index contributed by atoms with van der Waals surface area (Å²) in [6.07, 6.45) is 7.14. The minimum atomic E-state index is -1.61. The van der Waals surface area contributed by atoms with Crippen LogP contribution in [0.4, 0.5) is 0 Å². The van der Waals surface area contributed by atoms with Crippen molar-refractivity contribution in [2.75, 3.05) is 0 Å².